The van der Waals surface area contributed by atoms with Gasteiger partial charge >= 0.3 is 0 Å². The first-order valence-corrected chi connectivity index (χ1v) is 11.3. The summed E-state index contributed by atoms with van der Waals surface area (Å²) in [4.78, 5) is 6.73. The Kier molecular flexibility index (Phi) is 5.87. The van der Waals surface area contributed by atoms with Gasteiger partial charge in [-0.15, -0.1) is 0 Å². The Bertz CT molecular complexity index is 1250. The van der Waals surface area contributed by atoms with Crippen molar-refractivity contribution in [3.63, 3.8) is 0 Å². The number of thiocarbonyl (C=S) groups is 1. The minimum Gasteiger partial charge on any atom is -0.459 e. The van der Waals surface area contributed by atoms with Gasteiger partial charge in [-0.3, -0.25) is 4.98 Å². The summed E-state index contributed by atoms with van der Waals surface area (Å²) in [6.07, 6.45) is 1.79. The lowest BCUT2D eigenvalue weighted by atomic mass is 10.0. The summed E-state index contributed by atoms with van der Waals surface area (Å²) in [6.45, 7) is 0.656. The minimum absolute atomic E-state index is 0.139. The van der Waals surface area contributed by atoms with Gasteiger partial charge in [0, 0.05) is 18.3 Å². The third-order valence-electron chi connectivity index (χ3n) is 5.52. The van der Waals surface area contributed by atoms with E-state index < -0.39 is 0 Å². The van der Waals surface area contributed by atoms with Crippen LogP contribution in [0, 0.1) is 0 Å². The summed E-state index contributed by atoms with van der Waals surface area (Å²) in [5.41, 5.74) is 2.94. The molecule has 3 heterocycles. The number of rotatable bonds is 5. The summed E-state index contributed by atoms with van der Waals surface area (Å²) in [7, 11) is 0. The van der Waals surface area contributed by atoms with Crippen molar-refractivity contribution >= 4 is 40.5 Å². The van der Waals surface area contributed by atoms with Crippen LogP contribution in [0.15, 0.2) is 89.5 Å². The first-order valence-electron chi connectivity index (χ1n) is 10.2. The van der Waals surface area contributed by atoms with E-state index in [9.17, 15) is 0 Å². The number of pyridine rings is 1. The maximum Gasteiger partial charge on any atom is 0.170 e. The molecular weight excluding hydrogens is 461 g/mol. The summed E-state index contributed by atoms with van der Waals surface area (Å²) >= 11 is 18.0. The molecule has 4 aromatic rings. The second kappa shape index (κ2) is 8.94. The molecule has 2 atom stereocenters. The topological polar surface area (TPSA) is 41.3 Å². The molecule has 2 aromatic heterocycles. The highest BCUT2D eigenvalue weighted by molar-refractivity contribution is 7.80. The zero-order valence-corrected chi connectivity index (χ0v) is 19.2. The average Bonchev–Trinajstić information content (AvgIpc) is 3.42. The van der Waals surface area contributed by atoms with Gasteiger partial charge in [-0.1, -0.05) is 59.6 Å². The molecule has 1 aliphatic heterocycles. The standard InChI is InChI=1S/C25H19Cl2N3OS/c26-18-10-9-17(14-19(18)27)21-11-12-22(31-21)24-23(20-8-4-5-13-28-20)29-25(32)30(24)15-16-6-2-1-3-7-16/h1-14,23-24H,15H2,(H,29,32). The highest BCUT2D eigenvalue weighted by Crippen LogP contribution is 2.41. The van der Waals surface area contributed by atoms with E-state index in [2.05, 4.69) is 27.3 Å². The summed E-state index contributed by atoms with van der Waals surface area (Å²) in [5, 5.41) is 5.12. The summed E-state index contributed by atoms with van der Waals surface area (Å²) in [6, 6.07) is 25.3. The molecule has 0 spiro atoms. The fraction of sp³-hybridized carbons (Fsp3) is 0.120. The van der Waals surface area contributed by atoms with Crippen LogP contribution in [-0.4, -0.2) is 15.0 Å². The number of furan rings is 1. The lowest BCUT2D eigenvalue weighted by Gasteiger charge is -2.26. The molecule has 1 fully saturated rings. The van der Waals surface area contributed by atoms with E-state index in [1.54, 1.807) is 12.3 Å². The second-order valence-corrected chi connectivity index (χ2v) is 8.77. The monoisotopic (exact) mass is 479 g/mol. The van der Waals surface area contributed by atoms with Crippen LogP contribution < -0.4 is 5.32 Å². The molecule has 1 aliphatic rings. The van der Waals surface area contributed by atoms with Gasteiger partial charge in [0.1, 0.15) is 17.6 Å². The SMILES string of the molecule is S=C1NC(c2ccccn2)C(c2ccc(-c3ccc(Cl)c(Cl)c3)o2)N1Cc1ccccc1. The van der Waals surface area contributed by atoms with Gasteiger partial charge in [-0.25, -0.2) is 0 Å². The summed E-state index contributed by atoms with van der Waals surface area (Å²) < 4.78 is 6.35. The maximum atomic E-state index is 6.35. The Labute approximate surface area is 201 Å². The van der Waals surface area contributed by atoms with E-state index in [4.69, 9.17) is 39.8 Å². The van der Waals surface area contributed by atoms with E-state index in [0.717, 1.165) is 22.8 Å². The highest BCUT2D eigenvalue weighted by atomic mass is 35.5. The van der Waals surface area contributed by atoms with Crippen LogP contribution in [0.4, 0.5) is 0 Å². The predicted molar refractivity (Wildman–Crippen MR) is 132 cm³/mol. The first-order chi connectivity index (χ1) is 15.6. The van der Waals surface area contributed by atoms with Crippen LogP contribution in [0.5, 0.6) is 0 Å². The van der Waals surface area contributed by atoms with Crippen LogP contribution >= 0.6 is 35.4 Å². The third kappa shape index (κ3) is 4.11. The van der Waals surface area contributed by atoms with E-state index in [0.29, 0.717) is 21.7 Å². The van der Waals surface area contributed by atoms with Crippen molar-refractivity contribution in [2.75, 3.05) is 0 Å². The zero-order valence-electron chi connectivity index (χ0n) is 16.9. The molecule has 5 rings (SSSR count). The van der Waals surface area contributed by atoms with E-state index in [1.807, 2.05) is 60.7 Å². The Hall–Kier alpha value is -2.86. The van der Waals surface area contributed by atoms with Gasteiger partial charge in [0.25, 0.3) is 0 Å². The zero-order chi connectivity index (χ0) is 22.1. The number of halogens is 2. The molecule has 32 heavy (non-hydrogen) atoms. The number of hydrogen-bond donors (Lipinski definition) is 1. The molecule has 0 aliphatic carbocycles. The van der Waals surface area contributed by atoms with Gasteiger partial charge in [-0.2, -0.15) is 0 Å². The number of nitrogens with one attached hydrogen (secondary N) is 1. The lowest BCUT2D eigenvalue weighted by molar-refractivity contribution is 0.269. The van der Waals surface area contributed by atoms with Crippen LogP contribution in [-0.2, 0) is 6.54 Å². The number of aromatic nitrogens is 1. The molecule has 7 heteroatoms. The molecule has 4 nitrogen and oxygen atoms in total. The quantitative estimate of drug-likeness (QED) is 0.318. The molecule has 0 amide bonds. The van der Waals surface area contributed by atoms with Crippen LogP contribution in [0.3, 0.4) is 0 Å². The third-order valence-corrected chi connectivity index (χ3v) is 6.61. The predicted octanol–water partition coefficient (Wildman–Crippen LogP) is 6.82. The smallest absolute Gasteiger partial charge is 0.170 e. The first kappa shape index (κ1) is 21.0. The van der Waals surface area contributed by atoms with Crippen molar-refractivity contribution in [3.05, 3.63) is 112 Å². The molecule has 160 valence electrons. The number of nitrogens with zero attached hydrogens (tertiary/aromatic N) is 2. The second-order valence-electron chi connectivity index (χ2n) is 7.57. The average molecular weight is 480 g/mol. The van der Waals surface area contributed by atoms with Gasteiger partial charge in [-0.05, 0) is 60.2 Å². The Morgan fingerprint density at radius 3 is 2.50 bits per heavy atom. The van der Waals surface area contributed by atoms with Crippen molar-refractivity contribution in [3.8, 4) is 11.3 Å². The van der Waals surface area contributed by atoms with Gasteiger partial charge in [0.15, 0.2) is 5.11 Å². The number of hydrogen-bond acceptors (Lipinski definition) is 3. The molecular formula is C25H19Cl2N3OS. The molecule has 0 radical (unpaired) electrons. The van der Waals surface area contributed by atoms with Crippen LogP contribution in [0.1, 0.15) is 29.1 Å². The van der Waals surface area contributed by atoms with Crippen LogP contribution in [0.2, 0.25) is 10.0 Å². The number of benzene rings is 2. The van der Waals surface area contributed by atoms with Gasteiger partial charge < -0.3 is 14.6 Å². The molecule has 1 N–H and O–H groups in total. The van der Waals surface area contributed by atoms with Crippen molar-refractivity contribution in [1.82, 2.24) is 15.2 Å². The molecule has 0 saturated carbocycles. The molecule has 0 bridgehead atoms. The van der Waals surface area contributed by atoms with Crippen molar-refractivity contribution in [2.24, 2.45) is 0 Å². The largest absolute Gasteiger partial charge is 0.459 e. The molecule has 2 aromatic carbocycles. The Balaban J connectivity index is 1.54. The van der Waals surface area contributed by atoms with Gasteiger partial charge in [0.2, 0.25) is 0 Å². The van der Waals surface area contributed by atoms with E-state index in [1.165, 1.54) is 5.56 Å². The van der Waals surface area contributed by atoms with Crippen molar-refractivity contribution < 1.29 is 4.42 Å². The lowest BCUT2D eigenvalue weighted by Crippen LogP contribution is -2.29. The highest BCUT2D eigenvalue weighted by Gasteiger charge is 2.41. The summed E-state index contributed by atoms with van der Waals surface area (Å²) in [5.74, 6) is 1.51. The minimum atomic E-state index is -0.158. The van der Waals surface area contributed by atoms with Gasteiger partial charge in [0.05, 0.1) is 21.8 Å². The van der Waals surface area contributed by atoms with E-state index >= 15 is 0 Å². The van der Waals surface area contributed by atoms with Crippen molar-refractivity contribution in [1.29, 1.82) is 0 Å². The fourth-order valence-corrected chi connectivity index (χ4v) is 4.58. The normalized spacial score (nSPS) is 18.1. The Morgan fingerprint density at radius 1 is 0.938 bits per heavy atom. The fourth-order valence-electron chi connectivity index (χ4n) is 3.98. The molecule has 2 unspecified atom stereocenters. The van der Waals surface area contributed by atoms with Crippen molar-refractivity contribution in [2.45, 2.75) is 18.6 Å². The maximum absolute atomic E-state index is 6.35. The molecule has 1 saturated heterocycles. The van der Waals surface area contributed by atoms with E-state index in [-0.39, 0.29) is 12.1 Å². The Morgan fingerprint density at radius 2 is 1.75 bits per heavy atom. The van der Waals surface area contributed by atoms with Crippen LogP contribution in [0.25, 0.3) is 11.3 Å².